The summed E-state index contributed by atoms with van der Waals surface area (Å²) < 4.78 is 14.7. The predicted octanol–water partition coefficient (Wildman–Crippen LogP) is 3.09. The number of nitrogens with one attached hydrogen (secondary N) is 1. The van der Waals surface area contributed by atoms with Crippen molar-refractivity contribution in [2.75, 3.05) is 5.32 Å². The molecule has 4 aromatic rings. The number of fused-ring (bicyclic) bond motifs is 3. The zero-order valence-corrected chi connectivity index (χ0v) is 14.5. The van der Waals surface area contributed by atoms with Crippen molar-refractivity contribution >= 4 is 43.4 Å². The van der Waals surface area contributed by atoms with Gasteiger partial charge in [0.25, 0.3) is 5.56 Å². The van der Waals surface area contributed by atoms with E-state index in [2.05, 4.69) is 15.3 Å². The van der Waals surface area contributed by atoms with Gasteiger partial charge in [0, 0.05) is 17.3 Å². The number of hydrogen-bond acceptors (Lipinski definition) is 5. The number of carbonyl (C=O) groups is 1. The lowest BCUT2D eigenvalue weighted by molar-refractivity contribution is -0.116. The maximum atomic E-state index is 12.9. The maximum absolute atomic E-state index is 12.9. The van der Waals surface area contributed by atoms with Crippen LogP contribution in [0, 0.1) is 12.7 Å². The van der Waals surface area contributed by atoms with Crippen LogP contribution < -0.4 is 10.9 Å². The summed E-state index contributed by atoms with van der Waals surface area (Å²) in [4.78, 5) is 34.6. The Bertz CT molecular complexity index is 1200. The lowest BCUT2D eigenvalue weighted by atomic mass is 10.3. The second kappa shape index (κ2) is 6.30. The number of amides is 1. The molecule has 0 aliphatic carbocycles. The first-order valence-electron chi connectivity index (χ1n) is 7.83. The van der Waals surface area contributed by atoms with Crippen LogP contribution in [0.3, 0.4) is 0 Å². The summed E-state index contributed by atoms with van der Waals surface area (Å²) in [5.74, 6) is -0.328. The van der Waals surface area contributed by atoms with Crippen molar-refractivity contribution in [2.45, 2.75) is 13.5 Å². The molecule has 3 heterocycles. The van der Waals surface area contributed by atoms with E-state index < -0.39 is 0 Å². The van der Waals surface area contributed by atoms with Gasteiger partial charge in [-0.3, -0.25) is 14.2 Å². The standard InChI is InChI=1S/C18H13FN4O2S/c1-10-21-15-13-3-2-8-20-17(13)26-16(15)18(25)23(10)9-14(24)22-12-6-4-11(19)5-7-12/h2-8H,9H2,1H3,(H,22,24). The highest BCUT2D eigenvalue weighted by Gasteiger charge is 2.16. The fraction of sp³-hybridized carbons (Fsp3) is 0.111. The Labute approximate surface area is 150 Å². The van der Waals surface area contributed by atoms with Crippen LogP contribution in [0.4, 0.5) is 10.1 Å². The summed E-state index contributed by atoms with van der Waals surface area (Å²) in [7, 11) is 0. The summed E-state index contributed by atoms with van der Waals surface area (Å²) >= 11 is 1.26. The molecule has 1 aromatic carbocycles. The Morgan fingerprint density at radius 3 is 2.81 bits per heavy atom. The smallest absolute Gasteiger partial charge is 0.272 e. The van der Waals surface area contributed by atoms with Gasteiger partial charge >= 0.3 is 0 Å². The van der Waals surface area contributed by atoms with Gasteiger partial charge < -0.3 is 5.32 Å². The van der Waals surface area contributed by atoms with Crippen LogP contribution in [-0.4, -0.2) is 20.4 Å². The predicted molar refractivity (Wildman–Crippen MR) is 98.9 cm³/mol. The number of thiophene rings is 1. The van der Waals surface area contributed by atoms with Gasteiger partial charge in [0.2, 0.25) is 5.91 Å². The summed E-state index contributed by atoms with van der Waals surface area (Å²) in [6, 6.07) is 9.10. The van der Waals surface area contributed by atoms with Gasteiger partial charge in [0.05, 0.1) is 5.52 Å². The normalized spacial score (nSPS) is 11.2. The SMILES string of the molecule is Cc1nc2c(sc3ncccc32)c(=O)n1CC(=O)Nc1ccc(F)cc1. The van der Waals surface area contributed by atoms with Gasteiger partial charge in [-0.15, -0.1) is 11.3 Å². The topological polar surface area (TPSA) is 76.9 Å². The molecule has 0 bridgehead atoms. The lowest BCUT2D eigenvalue weighted by Crippen LogP contribution is -2.29. The van der Waals surface area contributed by atoms with Gasteiger partial charge in [-0.05, 0) is 43.3 Å². The van der Waals surface area contributed by atoms with E-state index in [4.69, 9.17) is 0 Å². The Balaban J connectivity index is 1.70. The van der Waals surface area contributed by atoms with Crippen molar-refractivity contribution < 1.29 is 9.18 Å². The van der Waals surface area contributed by atoms with Crippen LogP contribution in [0.1, 0.15) is 5.82 Å². The molecule has 1 N–H and O–H groups in total. The average Bonchev–Trinajstić information content (AvgIpc) is 2.99. The van der Waals surface area contributed by atoms with Crippen LogP contribution in [0.25, 0.3) is 20.4 Å². The highest BCUT2D eigenvalue weighted by Crippen LogP contribution is 2.28. The molecular weight excluding hydrogens is 355 g/mol. The Morgan fingerprint density at radius 1 is 1.27 bits per heavy atom. The molecule has 0 saturated carbocycles. The zero-order chi connectivity index (χ0) is 18.3. The number of benzene rings is 1. The molecule has 0 aliphatic rings. The Morgan fingerprint density at radius 2 is 2.04 bits per heavy atom. The van der Waals surface area contributed by atoms with Crippen molar-refractivity contribution in [3.8, 4) is 0 Å². The fourth-order valence-electron chi connectivity index (χ4n) is 2.73. The fourth-order valence-corrected chi connectivity index (χ4v) is 3.76. The summed E-state index contributed by atoms with van der Waals surface area (Å²) in [6.45, 7) is 1.51. The van der Waals surface area contributed by atoms with E-state index in [1.165, 1.54) is 40.2 Å². The molecule has 3 aromatic heterocycles. The molecule has 4 rings (SSSR count). The molecule has 0 atom stereocenters. The third-order valence-corrected chi connectivity index (χ3v) is 5.06. The number of carbonyl (C=O) groups excluding carboxylic acids is 1. The van der Waals surface area contributed by atoms with Gasteiger partial charge in [-0.25, -0.2) is 14.4 Å². The number of anilines is 1. The number of rotatable bonds is 3. The number of halogens is 1. The second-order valence-corrected chi connectivity index (χ2v) is 6.74. The van der Waals surface area contributed by atoms with Gasteiger partial charge in [-0.1, -0.05) is 0 Å². The largest absolute Gasteiger partial charge is 0.325 e. The Kier molecular flexibility index (Phi) is 3.96. The zero-order valence-electron chi connectivity index (χ0n) is 13.7. The number of aryl methyl sites for hydroxylation is 1. The lowest BCUT2D eigenvalue weighted by Gasteiger charge is -2.10. The Hall–Kier alpha value is -3.13. The van der Waals surface area contributed by atoms with Crippen LogP contribution in [0.2, 0.25) is 0 Å². The third kappa shape index (κ3) is 2.84. The minimum Gasteiger partial charge on any atom is -0.325 e. The number of hydrogen-bond donors (Lipinski definition) is 1. The van der Waals surface area contributed by atoms with Crippen LogP contribution in [-0.2, 0) is 11.3 Å². The highest BCUT2D eigenvalue weighted by molar-refractivity contribution is 7.25. The van der Waals surface area contributed by atoms with Crippen molar-refractivity contribution in [3.63, 3.8) is 0 Å². The molecular formula is C18H13FN4O2S. The maximum Gasteiger partial charge on any atom is 0.272 e. The second-order valence-electron chi connectivity index (χ2n) is 5.74. The molecule has 130 valence electrons. The quantitative estimate of drug-likeness (QED) is 0.603. The molecule has 0 fully saturated rings. The number of nitrogens with zero attached hydrogens (tertiary/aromatic N) is 3. The van der Waals surface area contributed by atoms with Crippen molar-refractivity contribution in [3.05, 3.63) is 64.6 Å². The highest BCUT2D eigenvalue weighted by atomic mass is 32.1. The number of aromatic nitrogens is 3. The monoisotopic (exact) mass is 368 g/mol. The van der Waals surface area contributed by atoms with Crippen LogP contribution in [0.5, 0.6) is 0 Å². The van der Waals surface area contributed by atoms with E-state index in [9.17, 15) is 14.0 Å². The van der Waals surface area contributed by atoms with Gasteiger partial charge in [0.15, 0.2) is 0 Å². The molecule has 8 heteroatoms. The summed E-state index contributed by atoms with van der Waals surface area (Å²) in [5.41, 5.74) is 0.794. The van der Waals surface area contributed by atoms with Gasteiger partial charge in [-0.2, -0.15) is 0 Å². The van der Waals surface area contributed by atoms with E-state index in [0.717, 1.165) is 10.2 Å². The third-order valence-electron chi connectivity index (χ3n) is 3.97. The number of pyridine rings is 1. The van der Waals surface area contributed by atoms with E-state index in [1.54, 1.807) is 19.2 Å². The molecule has 0 unspecified atom stereocenters. The first-order chi connectivity index (χ1) is 12.5. The molecule has 1 amide bonds. The molecule has 26 heavy (non-hydrogen) atoms. The summed E-state index contributed by atoms with van der Waals surface area (Å²) in [5, 5.41) is 3.47. The van der Waals surface area contributed by atoms with Crippen molar-refractivity contribution in [2.24, 2.45) is 0 Å². The van der Waals surface area contributed by atoms with Crippen LogP contribution in [0.15, 0.2) is 47.4 Å². The van der Waals surface area contributed by atoms with Crippen LogP contribution >= 0.6 is 11.3 Å². The minimum absolute atomic E-state index is 0.174. The minimum atomic E-state index is -0.387. The molecule has 0 saturated heterocycles. The van der Waals surface area contributed by atoms with Crippen molar-refractivity contribution in [1.82, 2.24) is 14.5 Å². The molecule has 6 nitrogen and oxygen atoms in total. The summed E-state index contributed by atoms with van der Waals surface area (Å²) in [6.07, 6.45) is 1.67. The molecule has 0 spiro atoms. The molecule has 0 radical (unpaired) electrons. The van der Waals surface area contributed by atoms with Gasteiger partial charge in [0.1, 0.15) is 27.7 Å². The van der Waals surface area contributed by atoms with E-state index in [-0.39, 0.29) is 23.8 Å². The molecule has 0 aliphatic heterocycles. The van der Waals surface area contributed by atoms with E-state index in [1.807, 2.05) is 6.07 Å². The first-order valence-corrected chi connectivity index (χ1v) is 8.64. The van der Waals surface area contributed by atoms with E-state index in [0.29, 0.717) is 21.7 Å². The first kappa shape index (κ1) is 16.3. The van der Waals surface area contributed by atoms with E-state index >= 15 is 0 Å². The average molecular weight is 368 g/mol. The van der Waals surface area contributed by atoms with Crippen molar-refractivity contribution in [1.29, 1.82) is 0 Å².